The molecule has 1 atom stereocenters. The molecule has 2 amide bonds. The summed E-state index contributed by atoms with van der Waals surface area (Å²) in [5.41, 5.74) is 1.14. The van der Waals surface area contributed by atoms with Crippen LogP contribution in [0.1, 0.15) is 29.7 Å². The summed E-state index contributed by atoms with van der Waals surface area (Å²) in [7, 11) is 4.00. The first-order chi connectivity index (χ1) is 13.0. The maximum atomic E-state index is 13.0. The van der Waals surface area contributed by atoms with E-state index in [9.17, 15) is 9.59 Å². The van der Waals surface area contributed by atoms with Crippen LogP contribution < -0.4 is 0 Å². The van der Waals surface area contributed by atoms with Crippen LogP contribution in [0.15, 0.2) is 11.4 Å². The second-order valence-electron chi connectivity index (χ2n) is 8.22. The molecule has 1 spiro atoms. The van der Waals surface area contributed by atoms with Gasteiger partial charge in [0, 0.05) is 50.4 Å². The minimum absolute atomic E-state index is 0.113. The van der Waals surface area contributed by atoms with Gasteiger partial charge in [0.05, 0.1) is 18.1 Å². The molecule has 0 aliphatic carbocycles. The fourth-order valence-electron chi connectivity index (χ4n) is 4.59. The number of hydrogen-bond acceptors (Lipinski definition) is 5. The van der Waals surface area contributed by atoms with Gasteiger partial charge in [-0.3, -0.25) is 9.59 Å². The van der Waals surface area contributed by atoms with Crippen LogP contribution in [0.2, 0.25) is 0 Å². The molecule has 0 saturated carbocycles. The van der Waals surface area contributed by atoms with Crippen molar-refractivity contribution in [2.45, 2.75) is 31.3 Å². The normalized spacial score (nSPS) is 24.7. The first-order valence-corrected chi connectivity index (χ1v) is 10.8. The van der Waals surface area contributed by atoms with Gasteiger partial charge in [0.1, 0.15) is 0 Å². The predicted octanol–water partition coefficient (Wildman–Crippen LogP) is 1.55. The Kier molecular flexibility index (Phi) is 5.27. The van der Waals surface area contributed by atoms with Crippen molar-refractivity contribution in [2.24, 2.45) is 5.92 Å². The summed E-state index contributed by atoms with van der Waals surface area (Å²) in [5.74, 6) is 0.0757. The molecule has 4 heterocycles. The first-order valence-electron chi connectivity index (χ1n) is 9.91. The Morgan fingerprint density at radius 2 is 2.15 bits per heavy atom. The highest BCUT2D eigenvalue weighted by molar-refractivity contribution is 7.10. The van der Waals surface area contributed by atoms with Gasteiger partial charge >= 0.3 is 0 Å². The summed E-state index contributed by atoms with van der Waals surface area (Å²) in [4.78, 5) is 32.6. The molecule has 1 unspecified atom stereocenters. The molecule has 3 aliphatic rings. The lowest BCUT2D eigenvalue weighted by Gasteiger charge is -2.44. The second-order valence-corrected chi connectivity index (χ2v) is 9.22. The number of hydrogen-bond donors (Lipinski definition) is 0. The van der Waals surface area contributed by atoms with E-state index in [1.807, 2.05) is 35.2 Å². The number of carbonyl (C=O) groups is 2. The van der Waals surface area contributed by atoms with Gasteiger partial charge in [-0.05, 0) is 43.9 Å². The zero-order chi connectivity index (χ0) is 19.0. The Morgan fingerprint density at radius 3 is 2.89 bits per heavy atom. The highest BCUT2D eigenvalue weighted by Gasteiger charge is 2.44. The van der Waals surface area contributed by atoms with Gasteiger partial charge in [-0.25, -0.2) is 0 Å². The summed E-state index contributed by atoms with van der Waals surface area (Å²) in [6.45, 7) is 4.32. The van der Waals surface area contributed by atoms with Gasteiger partial charge in [0.25, 0.3) is 0 Å². The Hall–Kier alpha value is -1.44. The predicted molar refractivity (Wildman–Crippen MR) is 105 cm³/mol. The fourth-order valence-corrected chi connectivity index (χ4v) is 5.54. The van der Waals surface area contributed by atoms with Crippen molar-refractivity contribution in [2.75, 3.05) is 53.4 Å². The lowest BCUT2D eigenvalue weighted by atomic mass is 9.82. The number of piperidine rings is 1. The minimum atomic E-state index is -0.201. The van der Waals surface area contributed by atoms with E-state index in [0.717, 1.165) is 45.5 Å². The van der Waals surface area contributed by atoms with E-state index in [2.05, 4.69) is 16.3 Å². The zero-order valence-electron chi connectivity index (χ0n) is 16.3. The van der Waals surface area contributed by atoms with E-state index in [0.29, 0.717) is 19.5 Å². The molecule has 0 radical (unpaired) electrons. The van der Waals surface area contributed by atoms with Gasteiger partial charge in [-0.1, -0.05) is 0 Å². The highest BCUT2D eigenvalue weighted by Crippen LogP contribution is 2.43. The molecule has 0 N–H and O–H groups in total. The van der Waals surface area contributed by atoms with Crippen LogP contribution in [0.5, 0.6) is 0 Å². The second kappa shape index (κ2) is 7.53. The SMILES string of the molecule is CN(C)CCN1CC(C(=O)N2CCC3(CC2)OCCc2sccc23)CC1=O. The van der Waals surface area contributed by atoms with Gasteiger partial charge < -0.3 is 19.4 Å². The van der Waals surface area contributed by atoms with Crippen molar-refractivity contribution in [3.8, 4) is 0 Å². The van der Waals surface area contributed by atoms with Crippen molar-refractivity contribution < 1.29 is 14.3 Å². The summed E-state index contributed by atoms with van der Waals surface area (Å²) >= 11 is 1.82. The minimum Gasteiger partial charge on any atom is -0.370 e. The van der Waals surface area contributed by atoms with Crippen molar-refractivity contribution in [1.82, 2.24) is 14.7 Å². The molecule has 2 fully saturated rings. The number of carbonyl (C=O) groups excluding carboxylic acids is 2. The van der Waals surface area contributed by atoms with Crippen LogP contribution in [0.3, 0.4) is 0 Å². The number of ether oxygens (including phenoxy) is 1. The number of nitrogens with zero attached hydrogens (tertiary/aromatic N) is 3. The van der Waals surface area contributed by atoms with Crippen LogP contribution in [-0.2, 0) is 26.3 Å². The molecule has 3 aliphatic heterocycles. The molecule has 27 heavy (non-hydrogen) atoms. The molecule has 4 rings (SSSR count). The number of fused-ring (bicyclic) bond motifs is 2. The third-order valence-electron chi connectivity index (χ3n) is 6.21. The Morgan fingerprint density at radius 1 is 1.37 bits per heavy atom. The van der Waals surface area contributed by atoms with E-state index in [4.69, 9.17) is 4.74 Å². The topological polar surface area (TPSA) is 53.1 Å². The number of likely N-dealkylation sites (tertiary alicyclic amines) is 2. The molecular formula is C20H29N3O3S. The summed E-state index contributed by atoms with van der Waals surface area (Å²) in [5, 5.41) is 2.16. The van der Waals surface area contributed by atoms with E-state index in [1.54, 1.807) is 0 Å². The van der Waals surface area contributed by atoms with Crippen molar-refractivity contribution in [1.29, 1.82) is 0 Å². The van der Waals surface area contributed by atoms with E-state index < -0.39 is 0 Å². The van der Waals surface area contributed by atoms with Crippen molar-refractivity contribution >= 4 is 23.2 Å². The number of thiophene rings is 1. The summed E-state index contributed by atoms with van der Waals surface area (Å²) in [6.07, 6.45) is 3.07. The monoisotopic (exact) mass is 391 g/mol. The van der Waals surface area contributed by atoms with Crippen LogP contribution in [0, 0.1) is 5.92 Å². The van der Waals surface area contributed by atoms with Crippen molar-refractivity contribution in [3.05, 3.63) is 21.9 Å². The van der Waals surface area contributed by atoms with Gasteiger partial charge in [0.2, 0.25) is 11.8 Å². The summed E-state index contributed by atoms with van der Waals surface area (Å²) < 4.78 is 6.23. The van der Waals surface area contributed by atoms with Crippen LogP contribution in [-0.4, -0.2) is 79.9 Å². The van der Waals surface area contributed by atoms with Crippen molar-refractivity contribution in [3.63, 3.8) is 0 Å². The highest BCUT2D eigenvalue weighted by atomic mass is 32.1. The molecule has 7 heteroatoms. The Balaban J connectivity index is 1.35. The van der Waals surface area contributed by atoms with Crippen LogP contribution >= 0.6 is 11.3 Å². The van der Waals surface area contributed by atoms with E-state index in [-0.39, 0.29) is 23.3 Å². The average Bonchev–Trinajstić information content (AvgIpc) is 3.28. The largest absolute Gasteiger partial charge is 0.370 e. The molecule has 1 aromatic heterocycles. The molecule has 2 saturated heterocycles. The molecule has 0 bridgehead atoms. The third kappa shape index (κ3) is 3.65. The lowest BCUT2D eigenvalue weighted by molar-refractivity contribution is -0.144. The fraction of sp³-hybridized carbons (Fsp3) is 0.700. The van der Waals surface area contributed by atoms with Gasteiger partial charge in [-0.2, -0.15) is 0 Å². The summed E-state index contributed by atoms with van der Waals surface area (Å²) in [6, 6.07) is 2.20. The maximum absolute atomic E-state index is 13.0. The lowest BCUT2D eigenvalue weighted by Crippen LogP contribution is -2.49. The average molecular weight is 392 g/mol. The zero-order valence-corrected chi connectivity index (χ0v) is 17.1. The molecule has 0 aromatic carbocycles. The maximum Gasteiger partial charge on any atom is 0.227 e. The molecule has 1 aromatic rings. The number of amides is 2. The van der Waals surface area contributed by atoms with Crippen LogP contribution in [0.25, 0.3) is 0 Å². The third-order valence-corrected chi connectivity index (χ3v) is 7.19. The molecular weight excluding hydrogens is 362 g/mol. The quantitative estimate of drug-likeness (QED) is 0.782. The van der Waals surface area contributed by atoms with E-state index in [1.165, 1.54) is 10.4 Å². The van der Waals surface area contributed by atoms with Gasteiger partial charge in [0.15, 0.2) is 0 Å². The van der Waals surface area contributed by atoms with Gasteiger partial charge in [-0.15, -0.1) is 11.3 Å². The number of rotatable bonds is 4. The number of likely N-dealkylation sites (N-methyl/N-ethyl adjacent to an activating group) is 1. The first kappa shape index (κ1) is 18.9. The molecule has 148 valence electrons. The van der Waals surface area contributed by atoms with E-state index >= 15 is 0 Å². The van der Waals surface area contributed by atoms with Crippen LogP contribution in [0.4, 0.5) is 0 Å². The smallest absolute Gasteiger partial charge is 0.227 e. The Labute approximate surface area is 165 Å². The molecule has 6 nitrogen and oxygen atoms in total. The standard InChI is InChI=1S/C20H29N3O3S/c1-21(2)9-10-23-14-15(13-18(23)24)19(25)22-7-5-20(6-8-22)16-4-12-27-17(16)3-11-26-20/h4,12,15H,3,5-11,13-14H2,1-2H3. The Bertz CT molecular complexity index is 709.